The van der Waals surface area contributed by atoms with E-state index in [1.807, 2.05) is 12.1 Å². The molecular formula is C18H3N11. The summed E-state index contributed by atoms with van der Waals surface area (Å²) >= 11 is 0. The van der Waals surface area contributed by atoms with E-state index in [1.165, 1.54) is 0 Å². The van der Waals surface area contributed by atoms with Gasteiger partial charge in [0.15, 0.2) is 6.07 Å². The average Bonchev–Trinajstić information content (AvgIpc) is 2.76. The van der Waals surface area contributed by atoms with Gasteiger partial charge in [0.25, 0.3) is 5.82 Å². The number of hydrogen-bond acceptors (Lipinski definition) is 9. The quantitative estimate of drug-likeness (QED) is 0.333. The predicted molar refractivity (Wildman–Crippen MR) is 97.1 cm³/mol. The Labute approximate surface area is 161 Å². The number of nitriles is 3. The lowest BCUT2D eigenvalue weighted by molar-refractivity contribution is 1.10. The summed E-state index contributed by atoms with van der Waals surface area (Å²) in [5.74, 6) is -0.858. The first-order valence-electron chi connectivity index (χ1n) is 7.75. The number of aryl methyl sites for hydroxylation is 1. The van der Waals surface area contributed by atoms with Gasteiger partial charge in [-0.25, -0.2) is 9.97 Å². The molecule has 0 unspecified atom stereocenters. The lowest BCUT2D eigenvalue weighted by Crippen LogP contribution is -2.02. The highest BCUT2D eigenvalue weighted by Gasteiger charge is 2.25. The van der Waals surface area contributed by atoms with E-state index in [4.69, 9.17) is 13.1 Å². The summed E-state index contributed by atoms with van der Waals surface area (Å²) in [6.45, 7) is 16.3. The molecule has 0 bridgehead atoms. The maximum Gasteiger partial charge on any atom is 0.373 e. The summed E-state index contributed by atoms with van der Waals surface area (Å²) in [5, 5.41) is 28.8. The van der Waals surface area contributed by atoms with Gasteiger partial charge in [0.05, 0.1) is 27.5 Å². The first kappa shape index (κ1) is 17.1. The van der Waals surface area contributed by atoms with E-state index in [-0.39, 0.29) is 56.4 Å². The Morgan fingerprint density at radius 2 is 1.31 bits per heavy atom. The molecule has 29 heavy (non-hydrogen) atoms. The smallest absolute Gasteiger partial charge is 0.373 e. The fourth-order valence-corrected chi connectivity index (χ4v) is 3.05. The van der Waals surface area contributed by atoms with Gasteiger partial charge in [-0.1, -0.05) is 11.6 Å². The maximum atomic E-state index is 9.61. The third-order valence-electron chi connectivity index (χ3n) is 4.10. The molecule has 3 aromatic heterocycles. The van der Waals surface area contributed by atoms with Gasteiger partial charge < -0.3 is 9.69 Å². The van der Waals surface area contributed by atoms with Gasteiger partial charge in [0.2, 0.25) is 11.5 Å². The summed E-state index contributed by atoms with van der Waals surface area (Å²) in [6, 6.07) is 5.56. The molecule has 0 saturated heterocycles. The fourth-order valence-electron chi connectivity index (χ4n) is 3.05. The number of fused-ring (bicyclic) bond motifs is 6. The van der Waals surface area contributed by atoms with Crippen LogP contribution in [-0.2, 0) is 0 Å². The summed E-state index contributed by atoms with van der Waals surface area (Å²) in [6.07, 6.45) is 0. The second-order valence-electron chi connectivity index (χ2n) is 5.61. The maximum absolute atomic E-state index is 9.61. The molecule has 3 heterocycles. The van der Waals surface area contributed by atoms with Crippen LogP contribution in [-0.4, -0.2) is 29.9 Å². The normalized spacial score (nSPS) is 10.1. The number of hydrogen-bond donors (Lipinski definition) is 0. The Bertz CT molecular complexity index is 1550. The van der Waals surface area contributed by atoms with Crippen molar-refractivity contribution in [3.63, 3.8) is 0 Å². The third kappa shape index (κ3) is 2.32. The molecule has 0 atom stereocenters. The minimum absolute atomic E-state index is 0.0718. The second kappa shape index (κ2) is 6.14. The summed E-state index contributed by atoms with van der Waals surface area (Å²) in [7, 11) is 0. The van der Waals surface area contributed by atoms with E-state index in [9.17, 15) is 15.8 Å². The molecule has 0 fully saturated rings. The highest BCUT2D eigenvalue weighted by atomic mass is 15.0. The minimum atomic E-state index is -0.304. The molecule has 0 aliphatic heterocycles. The summed E-state index contributed by atoms with van der Waals surface area (Å²) in [4.78, 5) is 31.1. The van der Waals surface area contributed by atoms with E-state index in [0.29, 0.717) is 11.1 Å². The third-order valence-corrected chi connectivity index (χ3v) is 4.10. The van der Waals surface area contributed by atoms with Crippen LogP contribution in [0, 0.1) is 54.1 Å². The Balaban J connectivity index is 2.52. The molecule has 0 aliphatic carbocycles. The van der Waals surface area contributed by atoms with Crippen LogP contribution in [0.15, 0.2) is 0 Å². The molecule has 11 heteroatoms. The van der Waals surface area contributed by atoms with Crippen molar-refractivity contribution in [3.8, 4) is 18.2 Å². The molecule has 4 rings (SSSR count). The van der Waals surface area contributed by atoms with Crippen molar-refractivity contribution in [1.29, 1.82) is 15.8 Å². The number of aromatic nitrogens is 6. The second-order valence-corrected chi connectivity index (χ2v) is 5.61. The monoisotopic (exact) mass is 373 g/mol. The highest BCUT2D eigenvalue weighted by Crippen LogP contribution is 2.39. The highest BCUT2D eigenvalue weighted by molar-refractivity contribution is 6.26. The molecule has 0 saturated carbocycles. The van der Waals surface area contributed by atoms with Crippen molar-refractivity contribution in [1.82, 2.24) is 29.9 Å². The van der Waals surface area contributed by atoms with Crippen LogP contribution in [0.4, 0.5) is 11.8 Å². The minimum Gasteiger partial charge on any atom is -0.394 e. The van der Waals surface area contributed by atoms with Crippen LogP contribution in [0.3, 0.4) is 0 Å². The fraction of sp³-hybridized carbons (Fsp3) is 0.0556. The summed E-state index contributed by atoms with van der Waals surface area (Å²) < 4.78 is 0. The molecule has 1 aromatic carbocycles. The van der Waals surface area contributed by atoms with Gasteiger partial charge in [0.1, 0.15) is 17.7 Å². The van der Waals surface area contributed by atoms with Gasteiger partial charge in [-0.05, 0) is 6.92 Å². The summed E-state index contributed by atoms with van der Waals surface area (Å²) in [5.41, 5.74) is 0.626. The van der Waals surface area contributed by atoms with Gasteiger partial charge in [0, 0.05) is 5.39 Å². The van der Waals surface area contributed by atoms with Crippen LogP contribution in [0.5, 0.6) is 0 Å². The standard InChI is InChI=1S/C18H3N11/c1-7-11-14(26-9(5-20)24-7)12-8(4-19)25-18(23-3)29-16(12)13-15(11)27-10(6-21)28-17(13)22-2/h1H3. The van der Waals surface area contributed by atoms with Crippen molar-refractivity contribution in [2.24, 2.45) is 0 Å². The number of rotatable bonds is 0. The predicted octanol–water partition coefficient (Wildman–Crippen LogP) is 2.54. The van der Waals surface area contributed by atoms with Gasteiger partial charge in [-0.15, -0.1) is 16.5 Å². The van der Waals surface area contributed by atoms with Crippen molar-refractivity contribution < 1.29 is 0 Å². The first-order valence-corrected chi connectivity index (χ1v) is 7.75. The van der Waals surface area contributed by atoms with Crippen LogP contribution in [0.25, 0.3) is 42.4 Å². The van der Waals surface area contributed by atoms with Crippen molar-refractivity contribution in [2.45, 2.75) is 6.92 Å². The Morgan fingerprint density at radius 3 is 1.90 bits per heavy atom. The van der Waals surface area contributed by atoms with Crippen molar-refractivity contribution >= 4 is 44.5 Å². The Morgan fingerprint density at radius 1 is 0.690 bits per heavy atom. The topological polar surface area (TPSA) is 157 Å². The molecule has 11 nitrogen and oxygen atoms in total. The molecule has 0 spiro atoms. The Hall–Kier alpha value is -5.31. The van der Waals surface area contributed by atoms with Gasteiger partial charge in [-0.3, -0.25) is 0 Å². The zero-order valence-corrected chi connectivity index (χ0v) is 14.4. The lowest BCUT2D eigenvalue weighted by Gasteiger charge is -2.10. The van der Waals surface area contributed by atoms with Crippen LogP contribution < -0.4 is 0 Å². The Kier molecular flexibility index (Phi) is 3.63. The van der Waals surface area contributed by atoms with E-state index < -0.39 is 0 Å². The zero-order chi connectivity index (χ0) is 20.7. The average molecular weight is 373 g/mol. The van der Waals surface area contributed by atoms with Crippen LogP contribution in [0.2, 0.25) is 0 Å². The molecular weight excluding hydrogens is 370 g/mol. The van der Waals surface area contributed by atoms with E-state index >= 15 is 0 Å². The molecule has 0 aliphatic rings. The number of benzene rings is 1. The molecule has 0 radical (unpaired) electrons. The van der Waals surface area contributed by atoms with E-state index in [0.717, 1.165) is 0 Å². The SMILES string of the molecule is [C-]#[N+]c1nc(C#N)c2c3nc(C#N)nc(C)c3c3nc(C#N)nc([N+]#[C-])c3c2n1. The van der Waals surface area contributed by atoms with Gasteiger partial charge >= 0.3 is 11.8 Å². The zero-order valence-electron chi connectivity index (χ0n) is 14.4. The molecule has 130 valence electrons. The molecule has 4 aromatic rings. The lowest BCUT2D eigenvalue weighted by atomic mass is 10.0. The number of nitrogens with zero attached hydrogens (tertiary/aromatic N) is 11. The first-order chi connectivity index (χ1) is 14.1. The largest absolute Gasteiger partial charge is 0.394 e. The van der Waals surface area contributed by atoms with Crippen molar-refractivity contribution in [3.05, 3.63) is 45.9 Å². The van der Waals surface area contributed by atoms with Crippen molar-refractivity contribution in [2.75, 3.05) is 0 Å². The van der Waals surface area contributed by atoms with E-state index in [2.05, 4.69) is 39.6 Å². The van der Waals surface area contributed by atoms with Crippen LogP contribution in [0.1, 0.15) is 23.0 Å². The molecule has 0 N–H and O–H groups in total. The van der Waals surface area contributed by atoms with Gasteiger partial charge in [-0.2, -0.15) is 20.8 Å². The van der Waals surface area contributed by atoms with E-state index in [1.54, 1.807) is 13.0 Å². The van der Waals surface area contributed by atoms with Crippen LogP contribution >= 0.6 is 0 Å². The molecule has 0 amide bonds.